The van der Waals surface area contributed by atoms with Crippen LogP contribution < -0.4 is 14.8 Å². The number of carbonyl (C=O) groups excluding carboxylic acids is 1. The van der Waals surface area contributed by atoms with Gasteiger partial charge in [-0.25, -0.2) is 9.97 Å². The van der Waals surface area contributed by atoms with Gasteiger partial charge >= 0.3 is 0 Å². The molecule has 0 saturated heterocycles. The minimum atomic E-state index is -0.201. The Kier molecular flexibility index (Phi) is 5.30. The molecule has 1 unspecified atom stereocenters. The summed E-state index contributed by atoms with van der Waals surface area (Å²) in [7, 11) is 3.18. The van der Waals surface area contributed by atoms with E-state index in [9.17, 15) is 4.79 Å². The second-order valence-electron chi connectivity index (χ2n) is 4.88. The number of ether oxygens (including phenoxy) is 2. The van der Waals surface area contributed by atoms with Gasteiger partial charge in [-0.15, -0.1) is 0 Å². The number of anilines is 1. The van der Waals surface area contributed by atoms with E-state index in [0.717, 1.165) is 5.56 Å². The summed E-state index contributed by atoms with van der Waals surface area (Å²) >= 11 is 0. The Labute approximate surface area is 129 Å². The molecule has 0 aliphatic heterocycles. The summed E-state index contributed by atoms with van der Waals surface area (Å²) in [6.07, 6.45) is 3.58. The van der Waals surface area contributed by atoms with Gasteiger partial charge in [0.2, 0.25) is 5.91 Å². The van der Waals surface area contributed by atoms with E-state index in [1.54, 1.807) is 26.5 Å². The first-order chi connectivity index (χ1) is 10.6. The summed E-state index contributed by atoms with van der Waals surface area (Å²) in [6.45, 7) is 1.87. The van der Waals surface area contributed by atoms with E-state index < -0.39 is 0 Å². The SMILES string of the molecule is COc1ccc(CC(C)C(=O)Nc2ccncn2)cc1OC. The Bertz CT molecular complexity index is 632. The highest BCUT2D eigenvalue weighted by atomic mass is 16.5. The molecule has 0 aliphatic carbocycles. The fraction of sp³-hybridized carbons (Fsp3) is 0.312. The lowest BCUT2D eigenvalue weighted by molar-refractivity contribution is -0.119. The minimum absolute atomic E-state index is 0.0894. The molecule has 0 saturated carbocycles. The van der Waals surface area contributed by atoms with Crippen molar-refractivity contribution in [3.05, 3.63) is 42.4 Å². The highest BCUT2D eigenvalue weighted by molar-refractivity contribution is 5.91. The first-order valence-electron chi connectivity index (χ1n) is 6.91. The highest BCUT2D eigenvalue weighted by Gasteiger charge is 2.15. The zero-order chi connectivity index (χ0) is 15.9. The van der Waals surface area contributed by atoms with Crippen molar-refractivity contribution in [2.75, 3.05) is 19.5 Å². The molecule has 6 nitrogen and oxygen atoms in total. The van der Waals surface area contributed by atoms with Gasteiger partial charge in [-0.1, -0.05) is 13.0 Å². The van der Waals surface area contributed by atoms with Crippen molar-refractivity contribution in [2.45, 2.75) is 13.3 Å². The predicted octanol–water partition coefficient (Wildman–Crippen LogP) is 2.31. The van der Waals surface area contributed by atoms with E-state index in [1.165, 1.54) is 6.33 Å². The van der Waals surface area contributed by atoms with E-state index in [0.29, 0.717) is 23.7 Å². The summed E-state index contributed by atoms with van der Waals surface area (Å²) < 4.78 is 10.5. The number of amides is 1. The second-order valence-corrected chi connectivity index (χ2v) is 4.88. The fourth-order valence-electron chi connectivity index (χ4n) is 2.07. The molecule has 0 radical (unpaired) electrons. The third-order valence-electron chi connectivity index (χ3n) is 3.27. The molecule has 0 bridgehead atoms. The Morgan fingerprint density at radius 3 is 2.64 bits per heavy atom. The highest BCUT2D eigenvalue weighted by Crippen LogP contribution is 2.28. The fourth-order valence-corrected chi connectivity index (χ4v) is 2.07. The number of hydrogen-bond donors (Lipinski definition) is 1. The molecule has 1 aromatic carbocycles. The molecule has 1 atom stereocenters. The molecule has 1 N–H and O–H groups in total. The molecule has 1 aromatic heterocycles. The summed E-state index contributed by atoms with van der Waals surface area (Å²) in [5.41, 5.74) is 1.00. The molecule has 6 heteroatoms. The Hall–Kier alpha value is -2.63. The first-order valence-corrected chi connectivity index (χ1v) is 6.91. The molecule has 1 amide bonds. The maximum atomic E-state index is 12.2. The van der Waals surface area contributed by atoms with Gasteiger partial charge in [0.1, 0.15) is 12.1 Å². The van der Waals surface area contributed by atoms with Gasteiger partial charge in [-0.05, 0) is 30.2 Å². The lowest BCUT2D eigenvalue weighted by Gasteiger charge is -2.13. The van der Waals surface area contributed by atoms with Crippen LogP contribution in [0.2, 0.25) is 0 Å². The Morgan fingerprint density at radius 2 is 2.00 bits per heavy atom. The van der Waals surface area contributed by atoms with E-state index in [2.05, 4.69) is 15.3 Å². The van der Waals surface area contributed by atoms with Crippen LogP contribution in [-0.2, 0) is 11.2 Å². The van der Waals surface area contributed by atoms with Crippen LogP contribution in [0.25, 0.3) is 0 Å². The van der Waals surface area contributed by atoms with Crippen LogP contribution in [0.15, 0.2) is 36.8 Å². The third-order valence-corrected chi connectivity index (χ3v) is 3.27. The van der Waals surface area contributed by atoms with Gasteiger partial charge in [0.25, 0.3) is 0 Å². The van der Waals surface area contributed by atoms with Crippen molar-refractivity contribution in [3.63, 3.8) is 0 Å². The van der Waals surface area contributed by atoms with E-state index in [1.807, 2.05) is 25.1 Å². The zero-order valence-electron chi connectivity index (χ0n) is 12.9. The average molecular weight is 301 g/mol. The van der Waals surface area contributed by atoms with Crippen molar-refractivity contribution >= 4 is 11.7 Å². The van der Waals surface area contributed by atoms with E-state index >= 15 is 0 Å². The number of aromatic nitrogens is 2. The zero-order valence-corrected chi connectivity index (χ0v) is 12.9. The topological polar surface area (TPSA) is 73.3 Å². The van der Waals surface area contributed by atoms with Crippen LogP contribution in [0.1, 0.15) is 12.5 Å². The van der Waals surface area contributed by atoms with Crippen LogP contribution in [0.5, 0.6) is 11.5 Å². The molecule has 2 aromatic rings. The molecule has 1 heterocycles. The molecule has 22 heavy (non-hydrogen) atoms. The summed E-state index contributed by atoms with van der Waals surface area (Å²) in [6, 6.07) is 7.30. The smallest absolute Gasteiger partial charge is 0.228 e. The van der Waals surface area contributed by atoms with Crippen LogP contribution in [0, 0.1) is 5.92 Å². The van der Waals surface area contributed by atoms with Crippen molar-refractivity contribution in [3.8, 4) is 11.5 Å². The lowest BCUT2D eigenvalue weighted by atomic mass is 10.00. The number of rotatable bonds is 6. The van der Waals surface area contributed by atoms with Gasteiger partial charge in [-0.3, -0.25) is 4.79 Å². The number of hydrogen-bond acceptors (Lipinski definition) is 5. The van der Waals surface area contributed by atoms with Crippen LogP contribution in [-0.4, -0.2) is 30.1 Å². The molecular formula is C16H19N3O3. The van der Waals surface area contributed by atoms with Gasteiger partial charge in [0.05, 0.1) is 14.2 Å². The van der Waals surface area contributed by atoms with Crippen LogP contribution in [0.3, 0.4) is 0 Å². The predicted molar refractivity (Wildman–Crippen MR) is 83.1 cm³/mol. The molecule has 0 fully saturated rings. The number of benzene rings is 1. The number of nitrogens with one attached hydrogen (secondary N) is 1. The maximum absolute atomic E-state index is 12.2. The Balaban J connectivity index is 2.02. The average Bonchev–Trinajstić information content (AvgIpc) is 2.55. The number of nitrogens with zero attached hydrogens (tertiary/aromatic N) is 2. The van der Waals surface area contributed by atoms with Crippen molar-refractivity contribution < 1.29 is 14.3 Å². The molecular weight excluding hydrogens is 282 g/mol. The van der Waals surface area contributed by atoms with Crippen molar-refractivity contribution in [2.24, 2.45) is 5.92 Å². The number of carbonyl (C=O) groups is 1. The van der Waals surface area contributed by atoms with Gasteiger partial charge in [0.15, 0.2) is 11.5 Å². The second kappa shape index (κ2) is 7.40. The number of methoxy groups -OCH3 is 2. The van der Waals surface area contributed by atoms with E-state index in [4.69, 9.17) is 9.47 Å². The molecule has 0 aliphatic rings. The Morgan fingerprint density at radius 1 is 1.23 bits per heavy atom. The van der Waals surface area contributed by atoms with Crippen LogP contribution in [0.4, 0.5) is 5.82 Å². The van der Waals surface area contributed by atoms with E-state index in [-0.39, 0.29) is 11.8 Å². The molecule has 2 rings (SSSR count). The monoisotopic (exact) mass is 301 g/mol. The molecule has 116 valence electrons. The summed E-state index contributed by atoms with van der Waals surface area (Å²) in [5, 5.41) is 2.77. The summed E-state index contributed by atoms with van der Waals surface area (Å²) in [4.78, 5) is 20.0. The molecule has 0 spiro atoms. The largest absolute Gasteiger partial charge is 0.493 e. The van der Waals surface area contributed by atoms with Crippen molar-refractivity contribution in [1.82, 2.24) is 9.97 Å². The lowest BCUT2D eigenvalue weighted by Crippen LogP contribution is -2.22. The minimum Gasteiger partial charge on any atom is -0.493 e. The standard InChI is InChI=1S/C16H19N3O3/c1-11(16(20)19-15-6-7-17-10-18-15)8-12-4-5-13(21-2)14(9-12)22-3/h4-7,9-11H,8H2,1-3H3,(H,17,18,19,20). The van der Waals surface area contributed by atoms with Crippen LogP contribution >= 0.6 is 0 Å². The first kappa shape index (κ1) is 15.8. The van der Waals surface area contributed by atoms with Gasteiger partial charge in [0, 0.05) is 12.1 Å². The summed E-state index contributed by atoms with van der Waals surface area (Å²) in [5.74, 6) is 1.54. The quantitative estimate of drug-likeness (QED) is 0.886. The normalized spacial score (nSPS) is 11.6. The maximum Gasteiger partial charge on any atom is 0.228 e. The van der Waals surface area contributed by atoms with Gasteiger partial charge < -0.3 is 14.8 Å². The van der Waals surface area contributed by atoms with Crippen molar-refractivity contribution in [1.29, 1.82) is 0 Å². The van der Waals surface area contributed by atoms with Gasteiger partial charge in [-0.2, -0.15) is 0 Å². The third kappa shape index (κ3) is 3.94.